The molecule has 17 heavy (non-hydrogen) atoms. The summed E-state index contributed by atoms with van der Waals surface area (Å²) in [6.45, 7) is 0.283. The fourth-order valence-electron chi connectivity index (χ4n) is 2.57. The molecule has 2 fully saturated rings. The van der Waals surface area contributed by atoms with Crippen molar-refractivity contribution in [2.45, 2.75) is 37.9 Å². The summed E-state index contributed by atoms with van der Waals surface area (Å²) in [7, 11) is 0. The predicted octanol–water partition coefficient (Wildman–Crippen LogP) is 1.52. The smallest absolute Gasteiger partial charge is 0.342 e. The van der Waals surface area contributed by atoms with Crippen LogP contribution in [0, 0.1) is 11.8 Å². The average Bonchev–Trinajstić information content (AvgIpc) is 2.23. The van der Waals surface area contributed by atoms with E-state index in [0.29, 0.717) is 25.8 Å². The molecule has 0 radical (unpaired) electrons. The summed E-state index contributed by atoms with van der Waals surface area (Å²) in [6, 6.07) is 0.0483. The van der Waals surface area contributed by atoms with Gasteiger partial charge in [0, 0.05) is 25.0 Å². The number of nitrogens with two attached hydrogens (primary N) is 1. The maximum atomic E-state index is 12.6. The number of hydrogen-bond donors (Lipinski definition) is 1. The highest BCUT2D eigenvalue weighted by atomic mass is 19.4. The van der Waals surface area contributed by atoms with Crippen LogP contribution in [0.3, 0.4) is 0 Å². The lowest BCUT2D eigenvalue weighted by atomic mass is 9.79. The maximum absolute atomic E-state index is 12.6. The summed E-state index contributed by atoms with van der Waals surface area (Å²) in [5, 5.41) is 0. The molecular formula is C11H17F3N2O. The molecule has 1 unspecified atom stereocenters. The van der Waals surface area contributed by atoms with E-state index in [1.807, 2.05) is 0 Å². The summed E-state index contributed by atoms with van der Waals surface area (Å²) < 4.78 is 37.7. The van der Waals surface area contributed by atoms with Crippen LogP contribution < -0.4 is 5.73 Å². The Morgan fingerprint density at radius 3 is 2.47 bits per heavy atom. The molecule has 1 saturated carbocycles. The number of rotatable bonds is 1. The van der Waals surface area contributed by atoms with Gasteiger partial charge in [0.2, 0.25) is 5.91 Å². The second-order valence-electron chi connectivity index (χ2n) is 5.09. The lowest BCUT2D eigenvalue weighted by Gasteiger charge is -2.39. The molecule has 2 N–H and O–H groups in total. The van der Waals surface area contributed by atoms with Crippen molar-refractivity contribution >= 4 is 5.91 Å². The van der Waals surface area contributed by atoms with Gasteiger partial charge in [-0.1, -0.05) is 0 Å². The normalized spacial score (nSPS) is 34.4. The number of nitrogens with zero attached hydrogens (tertiary/aromatic N) is 1. The van der Waals surface area contributed by atoms with Crippen molar-refractivity contribution in [1.82, 2.24) is 4.90 Å². The average molecular weight is 250 g/mol. The molecule has 1 amide bonds. The minimum absolute atomic E-state index is 0.0483. The number of likely N-dealkylation sites (tertiary alicyclic amines) is 1. The van der Waals surface area contributed by atoms with Crippen LogP contribution in [0.5, 0.6) is 0 Å². The topological polar surface area (TPSA) is 46.3 Å². The Morgan fingerprint density at radius 1 is 1.29 bits per heavy atom. The lowest BCUT2D eigenvalue weighted by Crippen LogP contribution is -2.51. The van der Waals surface area contributed by atoms with Gasteiger partial charge in [0.15, 0.2) is 0 Å². The molecule has 0 aromatic heterocycles. The zero-order valence-corrected chi connectivity index (χ0v) is 9.54. The third-order valence-corrected chi connectivity index (χ3v) is 3.72. The molecule has 1 atom stereocenters. The first-order valence-electron chi connectivity index (χ1n) is 5.99. The standard InChI is InChI=1S/C11H17F3N2O/c12-11(13,14)8-2-1-3-16(6-8)10(17)7-4-9(15)5-7/h7-9H,1-6,15H2. The van der Waals surface area contributed by atoms with Gasteiger partial charge in [-0.25, -0.2) is 0 Å². The Labute approximate surface area is 98.1 Å². The van der Waals surface area contributed by atoms with Crippen LogP contribution >= 0.6 is 0 Å². The van der Waals surface area contributed by atoms with Crippen LogP contribution in [0.25, 0.3) is 0 Å². The zero-order valence-electron chi connectivity index (χ0n) is 9.54. The van der Waals surface area contributed by atoms with Gasteiger partial charge in [-0.05, 0) is 25.7 Å². The number of amides is 1. The summed E-state index contributed by atoms with van der Waals surface area (Å²) in [4.78, 5) is 13.3. The molecule has 1 saturated heterocycles. The van der Waals surface area contributed by atoms with Crippen molar-refractivity contribution in [2.75, 3.05) is 13.1 Å². The van der Waals surface area contributed by atoms with Gasteiger partial charge in [0.1, 0.15) is 0 Å². The third kappa shape index (κ3) is 2.73. The van der Waals surface area contributed by atoms with Crippen molar-refractivity contribution in [3.8, 4) is 0 Å². The Kier molecular flexibility index (Phi) is 3.34. The molecule has 0 aromatic carbocycles. The van der Waals surface area contributed by atoms with Gasteiger partial charge in [0.25, 0.3) is 0 Å². The fraction of sp³-hybridized carbons (Fsp3) is 0.909. The molecule has 2 rings (SSSR count). The van der Waals surface area contributed by atoms with Gasteiger partial charge in [0.05, 0.1) is 5.92 Å². The third-order valence-electron chi connectivity index (χ3n) is 3.72. The van der Waals surface area contributed by atoms with Gasteiger partial charge in [-0.2, -0.15) is 13.2 Å². The molecule has 1 aliphatic heterocycles. The highest BCUT2D eigenvalue weighted by molar-refractivity contribution is 5.80. The summed E-state index contributed by atoms with van der Waals surface area (Å²) in [5.74, 6) is -1.63. The quantitative estimate of drug-likeness (QED) is 0.767. The highest BCUT2D eigenvalue weighted by Crippen LogP contribution is 2.35. The van der Waals surface area contributed by atoms with E-state index in [4.69, 9.17) is 5.73 Å². The lowest BCUT2D eigenvalue weighted by molar-refractivity contribution is -0.189. The second-order valence-corrected chi connectivity index (χ2v) is 5.09. The zero-order chi connectivity index (χ0) is 12.6. The van der Waals surface area contributed by atoms with Crippen molar-refractivity contribution in [1.29, 1.82) is 0 Å². The molecule has 6 heteroatoms. The molecule has 98 valence electrons. The minimum Gasteiger partial charge on any atom is -0.342 e. The first-order valence-corrected chi connectivity index (χ1v) is 5.99. The van der Waals surface area contributed by atoms with Gasteiger partial charge in [-0.3, -0.25) is 4.79 Å². The van der Waals surface area contributed by atoms with E-state index < -0.39 is 12.1 Å². The molecule has 3 nitrogen and oxygen atoms in total. The Bertz CT molecular complexity index is 300. The van der Waals surface area contributed by atoms with Crippen LogP contribution in [0.2, 0.25) is 0 Å². The maximum Gasteiger partial charge on any atom is 0.393 e. The number of halogens is 3. The Balaban J connectivity index is 1.91. The van der Waals surface area contributed by atoms with E-state index in [0.717, 1.165) is 0 Å². The molecule has 0 spiro atoms. The van der Waals surface area contributed by atoms with Crippen molar-refractivity contribution in [2.24, 2.45) is 17.6 Å². The minimum atomic E-state index is -4.19. The Morgan fingerprint density at radius 2 is 1.94 bits per heavy atom. The molecule has 1 heterocycles. The monoisotopic (exact) mass is 250 g/mol. The molecule has 1 aliphatic carbocycles. The van der Waals surface area contributed by atoms with E-state index in [-0.39, 0.29) is 30.8 Å². The predicted molar refractivity (Wildman–Crippen MR) is 56.1 cm³/mol. The molecule has 2 aliphatic rings. The summed E-state index contributed by atoms with van der Waals surface area (Å²) >= 11 is 0. The van der Waals surface area contributed by atoms with E-state index in [9.17, 15) is 18.0 Å². The van der Waals surface area contributed by atoms with Crippen LogP contribution in [0.4, 0.5) is 13.2 Å². The number of alkyl halides is 3. The fourth-order valence-corrected chi connectivity index (χ4v) is 2.57. The largest absolute Gasteiger partial charge is 0.393 e. The van der Waals surface area contributed by atoms with Gasteiger partial charge < -0.3 is 10.6 Å². The van der Waals surface area contributed by atoms with Gasteiger partial charge >= 0.3 is 6.18 Å². The van der Waals surface area contributed by atoms with Crippen molar-refractivity contribution in [3.05, 3.63) is 0 Å². The summed E-state index contributed by atoms with van der Waals surface area (Å²) in [5.41, 5.74) is 5.58. The van der Waals surface area contributed by atoms with E-state index in [1.54, 1.807) is 0 Å². The molecule has 0 bridgehead atoms. The van der Waals surface area contributed by atoms with Crippen molar-refractivity contribution in [3.63, 3.8) is 0 Å². The molecule has 0 aromatic rings. The number of hydrogen-bond acceptors (Lipinski definition) is 2. The van der Waals surface area contributed by atoms with Gasteiger partial charge in [-0.15, -0.1) is 0 Å². The Hall–Kier alpha value is -0.780. The number of carbonyl (C=O) groups excluding carboxylic acids is 1. The SMILES string of the molecule is NC1CC(C(=O)N2CCCC(C(F)(F)F)C2)C1. The van der Waals surface area contributed by atoms with Crippen molar-refractivity contribution < 1.29 is 18.0 Å². The van der Waals surface area contributed by atoms with E-state index in [1.165, 1.54) is 4.90 Å². The second kappa shape index (κ2) is 4.48. The van der Waals surface area contributed by atoms with Crippen LogP contribution in [0.1, 0.15) is 25.7 Å². The first kappa shape index (κ1) is 12.7. The number of piperidine rings is 1. The van der Waals surface area contributed by atoms with Crippen LogP contribution in [-0.2, 0) is 4.79 Å². The van der Waals surface area contributed by atoms with E-state index >= 15 is 0 Å². The van der Waals surface area contributed by atoms with Crippen LogP contribution in [0.15, 0.2) is 0 Å². The first-order chi connectivity index (χ1) is 7.88. The van der Waals surface area contributed by atoms with Crippen LogP contribution in [-0.4, -0.2) is 36.1 Å². The molecular weight excluding hydrogens is 233 g/mol. The number of carbonyl (C=O) groups is 1. The summed E-state index contributed by atoms with van der Waals surface area (Å²) in [6.07, 6.45) is -2.38. The van der Waals surface area contributed by atoms with E-state index in [2.05, 4.69) is 0 Å². The highest BCUT2D eigenvalue weighted by Gasteiger charge is 2.44.